The van der Waals surface area contributed by atoms with E-state index in [9.17, 15) is 18.0 Å². The maximum atomic E-state index is 12.9. The van der Waals surface area contributed by atoms with Gasteiger partial charge >= 0.3 is 6.18 Å². The zero-order chi connectivity index (χ0) is 20.6. The first kappa shape index (κ1) is 19.2. The Labute approximate surface area is 168 Å². The Hall–Kier alpha value is -3.14. The van der Waals surface area contributed by atoms with Crippen molar-refractivity contribution in [2.24, 2.45) is 5.92 Å². The number of hydrogen-bond donors (Lipinski definition) is 1. The number of amides is 1. The van der Waals surface area contributed by atoms with Crippen molar-refractivity contribution in [3.05, 3.63) is 59.9 Å². The second-order valence-corrected chi connectivity index (χ2v) is 6.90. The number of alkyl halides is 3. The van der Waals surface area contributed by atoms with E-state index in [0.29, 0.717) is 24.7 Å². The van der Waals surface area contributed by atoms with Crippen LogP contribution in [-0.2, 0) is 11.0 Å². The van der Waals surface area contributed by atoms with E-state index in [2.05, 4.69) is 20.3 Å². The van der Waals surface area contributed by atoms with Crippen molar-refractivity contribution >= 4 is 29.0 Å². The van der Waals surface area contributed by atoms with Crippen molar-refractivity contribution in [3.8, 4) is 5.82 Å². The molecule has 1 saturated heterocycles. The number of halogens is 4. The number of imidazole rings is 1. The van der Waals surface area contributed by atoms with Crippen LogP contribution in [-0.4, -0.2) is 38.5 Å². The molecule has 0 spiro atoms. The number of benzene rings is 1. The molecule has 11 heteroatoms. The fraction of sp³-hybridized carbons (Fsp3) is 0.222. The van der Waals surface area contributed by atoms with E-state index in [1.54, 1.807) is 29.4 Å². The molecule has 1 fully saturated rings. The van der Waals surface area contributed by atoms with Crippen LogP contribution in [0.5, 0.6) is 0 Å². The fourth-order valence-electron chi connectivity index (χ4n) is 2.91. The molecular weight excluding hydrogens is 409 g/mol. The first-order chi connectivity index (χ1) is 13.8. The second-order valence-electron chi connectivity index (χ2n) is 6.49. The molecule has 3 heterocycles. The van der Waals surface area contributed by atoms with Gasteiger partial charge in [-0.05, 0) is 18.2 Å². The predicted octanol–water partition coefficient (Wildman–Crippen LogP) is 3.41. The summed E-state index contributed by atoms with van der Waals surface area (Å²) < 4.78 is 40.3. The SMILES string of the molecule is O=C(Nc1cc(C(F)(F)F)ccc1Cl)C1CN(c2cc(-n3ccnc3)ncn2)C1. The Balaban J connectivity index is 1.41. The van der Waals surface area contributed by atoms with E-state index in [0.717, 1.165) is 18.2 Å². The standard InChI is InChI=1S/C18H14ClF3N6O/c19-13-2-1-12(18(20,21)22)5-14(13)26-17(29)11-7-28(8-11)16-6-15(24-9-25-16)27-4-3-23-10-27/h1-6,9-11H,7-8H2,(H,26,29). The Morgan fingerprint density at radius 2 is 1.93 bits per heavy atom. The molecule has 0 bridgehead atoms. The number of nitrogens with zero attached hydrogens (tertiary/aromatic N) is 5. The van der Waals surface area contributed by atoms with Gasteiger partial charge in [-0.3, -0.25) is 9.36 Å². The van der Waals surface area contributed by atoms with E-state index in [1.807, 2.05) is 4.90 Å². The summed E-state index contributed by atoms with van der Waals surface area (Å²) in [6, 6.07) is 4.58. The van der Waals surface area contributed by atoms with Crippen molar-refractivity contribution in [1.82, 2.24) is 19.5 Å². The van der Waals surface area contributed by atoms with Crippen LogP contribution in [0, 0.1) is 5.92 Å². The minimum atomic E-state index is -4.52. The average Bonchev–Trinajstić information content (AvgIpc) is 3.16. The number of anilines is 2. The van der Waals surface area contributed by atoms with E-state index in [1.165, 1.54) is 6.33 Å². The molecular formula is C18H14ClF3N6O. The maximum absolute atomic E-state index is 12.9. The van der Waals surface area contributed by atoms with Gasteiger partial charge in [-0.25, -0.2) is 15.0 Å². The molecule has 1 aliphatic heterocycles. The van der Waals surface area contributed by atoms with Crippen LogP contribution < -0.4 is 10.2 Å². The van der Waals surface area contributed by atoms with Crippen molar-refractivity contribution in [2.75, 3.05) is 23.3 Å². The first-order valence-corrected chi connectivity index (χ1v) is 8.92. The Morgan fingerprint density at radius 3 is 2.62 bits per heavy atom. The molecule has 1 aliphatic rings. The highest BCUT2D eigenvalue weighted by atomic mass is 35.5. The number of nitrogens with one attached hydrogen (secondary N) is 1. The van der Waals surface area contributed by atoms with Crippen LogP contribution in [0.3, 0.4) is 0 Å². The highest BCUT2D eigenvalue weighted by Crippen LogP contribution is 2.34. The molecule has 150 valence electrons. The van der Waals surface area contributed by atoms with Crippen LogP contribution in [0.25, 0.3) is 5.82 Å². The minimum Gasteiger partial charge on any atom is -0.355 e. The molecule has 2 aromatic heterocycles. The lowest BCUT2D eigenvalue weighted by Crippen LogP contribution is -2.52. The number of hydrogen-bond acceptors (Lipinski definition) is 5. The highest BCUT2D eigenvalue weighted by Gasteiger charge is 2.35. The summed E-state index contributed by atoms with van der Waals surface area (Å²) in [6.45, 7) is 0.756. The van der Waals surface area contributed by atoms with Gasteiger partial charge < -0.3 is 10.2 Å². The molecule has 7 nitrogen and oxygen atoms in total. The van der Waals surface area contributed by atoms with Crippen molar-refractivity contribution in [1.29, 1.82) is 0 Å². The Kier molecular flexibility index (Phi) is 4.87. The Morgan fingerprint density at radius 1 is 1.17 bits per heavy atom. The number of aromatic nitrogens is 4. The zero-order valence-corrected chi connectivity index (χ0v) is 15.5. The Bertz CT molecular complexity index is 1030. The monoisotopic (exact) mass is 422 g/mol. The molecule has 1 aromatic carbocycles. The molecule has 0 atom stereocenters. The highest BCUT2D eigenvalue weighted by molar-refractivity contribution is 6.33. The zero-order valence-electron chi connectivity index (χ0n) is 14.8. The van der Waals surface area contributed by atoms with Crippen LogP contribution >= 0.6 is 11.6 Å². The second kappa shape index (κ2) is 7.36. The molecule has 0 saturated carbocycles. The molecule has 4 rings (SSSR count). The van der Waals surface area contributed by atoms with Crippen LogP contribution in [0.2, 0.25) is 5.02 Å². The summed E-state index contributed by atoms with van der Waals surface area (Å²) in [5, 5.41) is 2.53. The third kappa shape index (κ3) is 4.02. The van der Waals surface area contributed by atoms with Gasteiger partial charge in [0, 0.05) is 31.5 Å². The van der Waals surface area contributed by atoms with Gasteiger partial charge in [-0.15, -0.1) is 0 Å². The summed E-state index contributed by atoms with van der Waals surface area (Å²) >= 11 is 5.93. The maximum Gasteiger partial charge on any atom is 0.416 e. The summed E-state index contributed by atoms with van der Waals surface area (Å²) in [7, 11) is 0. The first-order valence-electron chi connectivity index (χ1n) is 8.54. The van der Waals surface area contributed by atoms with Gasteiger partial charge in [0.2, 0.25) is 5.91 Å². The van der Waals surface area contributed by atoms with Crippen molar-refractivity contribution in [2.45, 2.75) is 6.18 Å². The normalized spacial score (nSPS) is 14.6. The van der Waals surface area contributed by atoms with E-state index in [-0.39, 0.29) is 10.7 Å². The molecule has 1 N–H and O–H groups in total. The summed E-state index contributed by atoms with van der Waals surface area (Å²) in [4.78, 5) is 26.6. The van der Waals surface area contributed by atoms with Gasteiger partial charge in [0.25, 0.3) is 0 Å². The van der Waals surface area contributed by atoms with E-state index < -0.39 is 23.6 Å². The van der Waals surface area contributed by atoms with E-state index >= 15 is 0 Å². The summed E-state index contributed by atoms with van der Waals surface area (Å²) in [5.41, 5.74) is -0.935. The van der Waals surface area contributed by atoms with Gasteiger partial charge in [-0.1, -0.05) is 11.6 Å². The third-order valence-electron chi connectivity index (χ3n) is 4.54. The summed E-state index contributed by atoms with van der Waals surface area (Å²) in [6.07, 6.45) is 1.89. The number of rotatable bonds is 4. The lowest BCUT2D eigenvalue weighted by molar-refractivity contribution is -0.137. The lowest BCUT2D eigenvalue weighted by atomic mass is 9.99. The largest absolute Gasteiger partial charge is 0.416 e. The van der Waals surface area contributed by atoms with Gasteiger partial charge in [0.15, 0.2) is 0 Å². The number of carbonyl (C=O) groups excluding carboxylic acids is 1. The third-order valence-corrected chi connectivity index (χ3v) is 4.86. The summed E-state index contributed by atoms with van der Waals surface area (Å²) in [5.74, 6) is 0.486. The van der Waals surface area contributed by atoms with Gasteiger partial charge in [0.1, 0.15) is 24.3 Å². The quantitative estimate of drug-likeness (QED) is 0.697. The molecule has 0 radical (unpaired) electrons. The topological polar surface area (TPSA) is 75.9 Å². The van der Waals surface area contributed by atoms with Crippen LogP contribution in [0.1, 0.15) is 5.56 Å². The molecule has 29 heavy (non-hydrogen) atoms. The van der Waals surface area contributed by atoms with Gasteiger partial charge in [-0.2, -0.15) is 13.2 Å². The smallest absolute Gasteiger partial charge is 0.355 e. The fourth-order valence-corrected chi connectivity index (χ4v) is 3.07. The number of carbonyl (C=O) groups is 1. The van der Waals surface area contributed by atoms with Crippen LogP contribution in [0.4, 0.5) is 24.7 Å². The molecule has 3 aromatic rings. The van der Waals surface area contributed by atoms with Crippen molar-refractivity contribution < 1.29 is 18.0 Å². The minimum absolute atomic E-state index is 0.0447. The molecule has 0 aliphatic carbocycles. The molecule has 1 amide bonds. The lowest BCUT2D eigenvalue weighted by Gasteiger charge is -2.39. The van der Waals surface area contributed by atoms with Crippen LogP contribution in [0.15, 0.2) is 49.3 Å². The van der Waals surface area contributed by atoms with Gasteiger partial charge in [0.05, 0.1) is 22.2 Å². The molecule has 0 unspecified atom stereocenters. The average molecular weight is 423 g/mol. The van der Waals surface area contributed by atoms with E-state index in [4.69, 9.17) is 11.6 Å². The van der Waals surface area contributed by atoms with Crippen molar-refractivity contribution in [3.63, 3.8) is 0 Å². The predicted molar refractivity (Wildman–Crippen MR) is 99.9 cm³/mol.